The molecule has 2 aliphatic heterocycles. The number of hydrogen-bond donors (Lipinski definition) is 2. The van der Waals surface area contributed by atoms with Crippen LogP contribution in [0.2, 0.25) is 0 Å². The number of nitrogens with one attached hydrogen (secondary N) is 2. The second-order valence-corrected chi connectivity index (χ2v) is 7.91. The van der Waals surface area contributed by atoms with Crippen LogP contribution in [0, 0.1) is 11.8 Å². The molecule has 0 bridgehead atoms. The third-order valence-electron chi connectivity index (χ3n) is 5.74. The number of amides is 2. The summed E-state index contributed by atoms with van der Waals surface area (Å²) in [4.78, 5) is 17.0. The smallest absolute Gasteiger partial charge is 0.319 e. The van der Waals surface area contributed by atoms with E-state index in [1.807, 2.05) is 12.1 Å². The van der Waals surface area contributed by atoms with Gasteiger partial charge in [-0.2, -0.15) is 0 Å². The van der Waals surface area contributed by atoms with E-state index in [4.69, 9.17) is 0 Å². The molecule has 2 heterocycles. The Hall–Kier alpha value is -1.75. The first-order valence-electron chi connectivity index (χ1n) is 9.62. The fourth-order valence-corrected chi connectivity index (χ4v) is 3.95. The molecule has 2 atom stereocenters. The quantitative estimate of drug-likeness (QED) is 0.880. The molecular formula is C20H32N4O. The summed E-state index contributed by atoms with van der Waals surface area (Å²) in [7, 11) is 2.16. The Morgan fingerprint density at radius 1 is 1.12 bits per heavy atom. The number of nitrogens with zero attached hydrogens (tertiary/aromatic N) is 2. The molecule has 2 fully saturated rings. The van der Waals surface area contributed by atoms with Crippen molar-refractivity contribution < 1.29 is 4.79 Å². The Morgan fingerprint density at radius 2 is 1.80 bits per heavy atom. The third-order valence-corrected chi connectivity index (χ3v) is 5.74. The predicted octanol–water partition coefficient (Wildman–Crippen LogP) is 3.38. The zero-order valence-electron chi connectivity index (χ0n) is 15.8. The summed E-state index contributed by atoms with van der Waals surface area (Å²) in [5.74, 6) is 1.34. The summed E-state index contributed by atoms with van der Waals surface area (Å²) < 4.78 is 0. The summed E-state index contributed by atoms with van der Waals surface area (Å²) in [6.45, 7) is 8.91. The molecule has 138 valence electrons. The van der Waals surface area contributed by atoms with Crippen LogP contribution in [-0.2, 0) is 0 Å². The molecule has 0 aromatic heterocycles. The van der Waals surface area contributed by atoms with Gasteiger partial charge in [-0.1, -0.05) is 6.92 Å². The molecule has 1 aromatic carbocycles. The van der Waals surface area contributed by atoms with Gasteiger partial charge < -0.3 is 20.4 Å². The van der Waals surface area contributed by atoms with Gasteiger partial charge in [0, 0.05) is 30.5 Å². The lowest BCUT2D eigenvalue weighted by Gasteiger charge is -2.33. The summed E-state index contributed by atoms with van der Waals surface area (Å²) in [5, 5.41) is 6.08. The van der Waals surface area contributed by atoms with Crippen molar-refractivity contribution >= 4 is 17.4 Å². The molecule has 0 radical (unpaired) electrons. The molecule has 25 heavy (non-hydrogen) atoms. The number of carbonyl (C=O) groups is 1. The van der Waals surface area contributed by atoms with Crippen LogP contribution in [0.15, 0.2) is 24.3 Å². The Labute approximate surface area is 151 Å². The minimum Gasteiger partial charge on any atom is -0.371 e. The first kappa shape index (κ1) is 18.1. The largest absolute Gasteiger partial charge is 0.371 e. The average Bonchev–Trinajstić information content (AvgIpc) is 3.02. The van der Waals surface area contributed by atoms with Crippen LogP contribution in [0.4, 0.5) is 16.2 Å². The van der Waals surface area contributed by atoms with Crippen LogP contribution >= 0.6 is 0 Å². The van der Waals surface area contributed by atoms with Crippen molar-refractivity contribution in [3.8, 4) is 0 Å². The van der Waals surface area contributed by atoms with E-state index in [-0.39, 0.29) is 12.1 Å². The van der Waals surface area contributed by atoms with Gasteiger partial charge in [-0.3, -0.25) is 0 Å². The highest BCUT2D eigenvalue weighted by atomic mass is 16.2. The van der Waals surface area contributed by atoms with Crippen LogP contribution < -0.4 is 15.5 Å². The summed E-state index contributed by atoms with van der Waals surface area (Å²) in [5.41, 5.74) is 2.10. The molecule has 3 rings (SSSR count). The molecule has 5 heteroatoms. The number of carbonyl (C=O) groups excluding carboxylic acids is 1. The van der Waals surface area contributed by atoms with E-state index < -0.39 is 0 Å². The summed E-state index contributed by atoms with van der Waals surface area (Å²) in [6.07, 6.45) is 3.57. The standard InChI is InChI=1S/C20H32N4O/c1-15-8-13-24(14-15)19-6-4-18(5-7-19)22-20(25)21-16(2)17-9-11-23(3)12-10-17/h4-7,15-17H,8-14H2,1-3H3,(H2,21,22,25)/t15-,16-/m1/s1. The molecule has 2 aliphatic rings. The molecule has 2 N–H and O–H groups in total. The van der Waals surface area contributed by atoms with Gasteiger partial charge in [0.15, 0.2) is 0 Å². The topological polar surface area (TPSA) is 47.6 Å². The number of anilines is 2. The number of benzene rings is 1. The number of hydrogen-bond acceptors (Lipinski definition) is 3. The maximum absolute atomic E-state index is 12.3. The SMILES string of the molecule is C[C@@H]1CCN(c2ccc(NC(=O)N[C@H](C)C3CCN(C)CC3)cc2)C1. The third kappa shape index (κ3) is 4.88. The van der Waals surface area contributed by atoms with E-state index in [1.54, 1.807) is 0 Å². The van der Waals surface area contributed by atoms with Gasteiger partial charge in [0.25, 0.3) is 0 Å². The first-order valence-corrected chi connectivity index (χ1v) is 9.62. The van der Waals surface area contributed by atoms with E-state index in [1.165, 1.54) is 12.1 Å². The molecule has 0 unspecified atom stereocenters. The average molecular weight is 345 g/mol. The Kier molecular flexibility index (Phi) is 5.84. The molecular weight excluding hydrogens is 312 g/mol. The summed E-state index contributed by atoms with van der Waals surface area (Å²) >= 11 is 0. The fraction of sp³-hybridized carbons (Fsp3) is 0.650. The highest BCUT2D eigenvalue weighted by molar-refractivity contribution is 5.89. The van der Waals surface area contributed by atoms with Crippen LogP contribution in [0.3, 0.4) is 0 Å². The first-order chi connectivity index (χ1) is 12.0. The van der Waals surface area contributed by atoms with Crippen LogP contribution in [-0.4, -0.2) is 50.2 Å². The van der Waals surface area contributed by atoms with Crippen molar-refractivity contribution in [1.82, 2.24) is 10.2 Å². The monoisotopic (exact) mass is 344 g/mol. The lowest BCUT2D eigenvalue weighted by atomic mass is 9.91. The van der Waals surface area contributed by atoms with Crippen molar-refractivity contribution in [1.29, 1.82) is 0 Å². The van der Waals surface area contributed by atoms with E-state index in [0.29, 0.717) is 5.92 Å². The van der Waals surface area contributed by atoms with Gasteiger partial charge in [0.2, 0.25) is 0 Å². The molecule has 0 saturated carbocycles. The molecule has 0 spiro atoms. The molecule has 0 aliphatic carbocycles. The van der Waals surface area contributed by atoms with Crippen molar-refractivity contribution in [2.75, 3.05) is 43.4 Å². The maximum atomic E-state index is 12.3. The van der Waals surface area contributed by atoms with Crippen molar-refractivity contribution in [2.45, 2.75) is 39.2 Å². The fourth-order valence-electron chi connectivity index (χ4n) is 3.95. The molecule has 1 aromatic rings. The Balaban J connectivity index is 1.47. The van der Waals surface area contributed by atoms with Crippen molar-refractivity contribution in [3.63, 3.8) is 0 Å². The van der Waals surface area contributed by atoms with Gasteiger partial charge >= 0.3 is 6.03 Å². The number of urea groups is 1. The normalized spacial score (nSPS) is 23.5. The van der Waals surface area contributed by atoms with Gasteiger partial charge in [-0.15, -0.1) is 0 Å². The number of likely N-dealkylation sites (tertiary alicyclic amines) is 1. The highest BCUT2D eigenvalue weighted by Gasteiger charge is 2.23. The zero-order chi connectivity index (χ0) is 17.8. The van der Waals surface area contributed by atoms with Crippen molar-refractivity contribution in [3.05, 3.63) is 24.3 Å². The number of piperidine rings is 1. The van der Waals surface area contributed by atoms with Gasteiger partial charge in [-0.25, -0.2) is 4.79 Å². The zero-order valence-corrected chi connectivity index (χ0v) is 15.8. The van der Waals surface area contributed by atoms with Crippen LogP contribution in [0.1, 0.15) is 33.1 Å². The van der Waals surface area contributed by atoms with Crippen molar-refractivity contribution in [2.24, 2.45) is 11.8 Å². The van der Waals surface area contributed by atoms with Crippen LogP contribution in [0.5, 0.6) is 0 Å². The second-order valence-electron chi connectivity index (χ2n) is 7.91. The van der Waals surface area contributed by atoms with E-state index in [0.717, 1.165) is 50.6 Å². The van der Waals surface area contributed by atoms with Gasteiger partial charge in [0.1, 0.15) is 0 Å². The van der Waals surface area contributed by atoms with E-state index in [2.05, 4.69) is 53.5 Å². The van der Waals surface area contributed by atoms with E-state index in [9.17, 15) is 4.79 Å². The van der Waals surface area contributed by atoms with E-state index >= 15 is 0 Å². The number of rotatable bonds is 4. The molecule has 5 nitrogen and oxygen atoms in total. The minimum absolute atomic E-state index is 0.103. The highest BCUT2D eigenvalue weighted by Crippen LogP contribution is 2.25. The Bertz CT molecular complexity index is 566. The lowest BCUT2D eigenvalue weighted by molar-refractivity contribution is 0.189. The lowest BCUT2D eigenvalue weighted by Crippen LogP contribution is -2.44. The Morgan fingerprint density at radius 3 is 2.40 bits per heavy atom. The molecule has 2 saturated heterocycles. The second kappa shape index (κ2) is 8.09. The van der Waals surface area contributed by atoms with Gasteiger partial charge in [0.05, 0.1) is 0 Å². The predicted molar refractivity (Wildman–Crippen MR) is 104 cm³/mol. The molecule has 2 amide bonds. The summed E-state index contributed by atoms with van der Waals surface area (Å²) in [6, 6.07) is 8.31. The van der Waals surface area contributed by atoms with Gasteiger partial charge in [-0.05, 0) is 82.4 Å². The minimum atomic E-state index is -0.103. The van der Waals surface area contributed by atoms with Crippen LogP contribution in [0.25, 0.3) is 0 Å². The maximum Gasteiger partial charge on any atom is 0.319 e.